The van der Waals surface area contributed by atoms with E-state index in [0.717, 1.165) is 11.3 Å². The highest BCUT2D eigenvalue weighted by Gasteiger charge is 2.15. The lowest BCUT2D eigenvalue weighted by Gasteiger charge is -2.06. The Morgan fingerprint density at radius 1 is 1.16 bits per heavy atom. The maximum atomic E-state index is 11.9. The largest absolute Gasteiger partial charge is 0.363 e. The molecule has 0 fully saturated rings. The number of carbonyl (C=O) groups excluding carboxylic acids is 1. The average Bonchev–Trinajstić information content (AvgIpc) is 2.84. The molecule has 1 amide bonds. The second-order valence-electron chi connectivity index (χ2n) is 3.36. The van der Waals surface area contributed by atoms with Crippen LogP contribution < -0.4 is 10.6 Å². The second kappa shape index (κ2) is 5.92. The quantitative estimate of drug-likeness (QED) is 0.836. The zero-order chi connectivity index (χ0) is 14.0. The summed E-state index contributed by atoms with van der Waals surface area (Å²) in [7, 11) is 1.69. The number of nitrogens with zero attached hydrogens (tertiary/aromatic N) is 2. The Labute approximate surface area is 127 Å². The summed E-state index contributed by atoms with van der Waals surface area (Å²) in [5.74, 6) is -0.417. The standard InChI is InChI=1S/C10H7Cl3N4OS/c1-14-10-17-16-9(19-10)8(18)15-7-3-5(12)4(11)2-6(7)13/h2-3H,1H3,(H,14,17)(H,15,18). The molecule has 0 aliphatic rings. The van der Waals surface area contributed by atoms with Crippen molar-refractivity contribution in [3.63, 3.8) is 0 Å². The third-order valence-corrected chi connectivity index (χ3v) is 4.07. The lowest BCUT2D eigenvalue weighted by atomic mass is 10.3. The van der Waals surface area contributed by atoms with Gasteiger partial charge in [0.1, 0.15) is 0 Å². The molecule has 9 heteroatoms. The molecule has 0 atom stereocenters. The molecular weight excluding hydrogens is 331 g/mol. The summed E-state index contributed by atoms with van der Waals surface area (Å²) in [6.07, 6.45) is 0. The molecule has 0 saturated heterocycles. The minimum absolute atomic E-state index is 0.214. The van der Waals surface area contributed by atoms with Gasteiger partial charge in [-0.1, -0.05) is 46.1 Å². The molecule has 0 radical (unpaired) electrons. The van der Waals surface area contributed by atoms with E-state index < -0.39 is 5.91 Å². The second-order valence-corrected chi connectivity index (χ2v) is 5.56. The van der Waals surface area contributed by atoms with Crippen molar-refractivity contribution in [1.82, 2.24) is 10.2 Å². The van der Waals surface area contributed by atoms with Gasteiger partial charge in [-0.2, -0.15) is 0 Å². The van der Waals surface area contributed by atoms with Crippen LogP contribution in [0.4, 0.5) is 10.8 Å². The third kappa shape index (κ3) is 3.27. The molecule has 1 aromatic carbocycles. The molecule has 1 aromatic heterocycles. The summed E-state index contributed by atoms with van der Waals surface area (Å²) >= 11 is 18.8. The smallest absolute Gasteiger partial charge is 0.286 e. The number of halogens is 3. The molecule has 0 unspecified atom stereocenters. The van der Waals surface area contributed by atoms with E-state index >= 15 is 0 Å². The monoisotopic (exact) mass is 336 g/mol. The van der Waals surface area contributed by atoms with Crippen LogP contribution in [0.5, 0.6) is 0 Å². The molecule has 5 nitrogen and oxygen atoms in total. The first-order valence-electron chi connectivity index (χ1n) is 4.98. The lowest BCUT2D eigenvalue weighted by Crippen LogP contribution is -2.12. The Hall–Kier alpha value is -1.08. The lowest BCUT2D eigenvalue weighted by molar-refractivity contribution is 0.102. The van der Waals surface area contributed by atoms with Gasteiger partial charge < -0.3 is 10.6 Å². The van der Waals surface area contributed by atoms with Crippen molar-refractivity contribution < 1.29 is 4.79 Å². The van der Waals surface area contributed by atoms with E-state index in [0.29, 0.717) is 25.9 Å². The number of hydrogen-bond donors (Lipinski definition) is 2. The summed E-state index contributed by atoms with van der Waals surface area (Å²) in [6.45, 7) is 0. The molecule has 2 N–H and O–H groups in total. The SMILES string of the molecule is CNc1nnc(C(=O)Nc2cc(Cl)c(Cl)cc2Cl)s1. The van der Waals surface area contributed by atoms with E-state index in [2.05, 4.69) is 20.8 Å². The van der Waals surface area contributed by atoms with Gasteiger partial charge in [-0.15, -0.1) is 10.2 Å². The fourth-order valence-electron chi connectivity index (χ4n) is 1.21. The number of nitrogens with one attached hydrogen (secondary N) is 2. The minimum Gasteiger partial charge on any atom is -0.363 e. The molecule has 0 bridgehead atoms. The van der Waals surface area contributed by atoms with E-state index in [9.17, 15) is 4.79 Å². The molecule has 0 spiro atoms. The Morgan fingerprint density at radius 2 is 1.84 bits per heavy atom. The topological polar surface area (TPSA) is 66.9 Å². The van der Waals surface area contributed by atoms with Crippen molar-refractivity contribution >= 4 is 62.9 Å². The Kier molecular flexibility index (Phi) is 4.46. The average molecular weight is 338 g/mol. The van der Waals surface area contributed by atoms with Gasteiger partial charge in [0.05, 0.1) is 20.8 Å². The Balaban J connectivity index is 2.21. The van der Waals surface area contributed by atoms with Crippen LogP contribution in [0.15, 0.2) is 12.1 Å². The highest BCUT2D eigenvalue weighted by molar-refractivity contribution is 7.17. The molecule has 2 rings (SSSR count). The molecule has 19 heavy (non-hydrogen) atoms. The van der Waals surface area contributed by atoms with E-state index in [1.165, 1.54) is 12.1 Å². The van der Waals surface area contributed by atoms with Gasteiger partial charge in [0.15, 0.2) is 0 Å². The number of rotatable bonds is 3. The van der Waals surface area contributed by atoms with E-state index in [-0.39, 0.29) is 5.01 Å². The summed E-state index contributed by atoms with van der Waals surface area (Å²) in [6, 6.07) is 2.93. The zero-order valence-electron chi connectivity index (χ0n) is 9.50. The van der Waals surface area contributed by atoms with Gasteiger partial charge >= 0.3 is 0 Å². The van der Waals surface area contributed by atoms with Crippen LogP contribution in [0, 0.1) is 0 Å². The molecule has 1 heterocycles. The maximum absolute atomic E-state index is 11.9. The van der Waals surface area contributed by atoms with Crippen molar-refractivity contribution in [2.24, 2.45) is 0 Å². The number of benzene rings is 1. The predicted molar refractivity (Wildman–Crippen MR) is 78.9 cm³/mol. The van der Waals surface area contributed by atoms with E-state index in [1.54, 1.807) is 7.05 Å². The van der Waals surface area contributed by atoms with Crippen LogP contribution >= 0.6 is 46.1 Å². The third-order valence-electron chi connectivity index (χ3n) is 2.09. The predicted octanol–water partition coefficient (Wildman–Crippen LogP) is 3.79. The summed E-state index contributed by atoms with van der Waals surface area (Å²) in [5, 5.41) is 14.6. The number of hydrogen-bond acceptors (Lipinski definition) is 5. The van der Waals surface area contributed by atoms with E-state index in [4.69, 9.17) is 34.8 Å². The van der Waals surface area contributed by atoms with Crippen molar-refractivity contribution in [3.05, 3.63) is 32.2 Å². The van der Waals surface area contributed by atoms with Crippen LogP contribution in [0.1, 0.15) is 9.80 Å². The highest BCUT2D eigenvalue weighted by atomic mass is 35.5. The number of carbonyl (C=O) groups is 1. The van der Waals surface area contributed by atoms with Crippen LogP contribution in [0.3, 0.4) is 0 Å². The van der Waals surface area contributed by atoms with Crippen LogP contribution in [0.25, 0.3) is 0 Å². The molecular formula is C10H7Cl3N4OS. The molecule has 0 aliphatic heterocycles. The summed E-state index contributed by atoms with van der Waals surface area (Å²) in [5.41, 5.74) is 0.363. The van der Waals surface area contributed by atoms with Crippen LogP contribution in [-0.4, -0.2) is 23.2 Å². The summed E-state index contributed by atoms with van der Waals surface area (Å²) in [4.78, 5) is 11.9. The van der Waals surface area contributed by atoms with Gasteiger partial charge in [-0.05, 0) is 12.1 Å². The van der Waals surface area contributed by atoms with Crippen molar-refractivity contribution in [3.8, 4) is 0 Å². The van der Waals surface area contributed by atoms with Crippen LogP contribution in [0.2, 0.25) is 15.1 Å². The van der Waals surface area contributed by atoms with Gasteiger partial charge in [0.25, 0.3) is 5.91 Å². The Morgan fingerprint density at radius 3 is 2.47 bits per heavy atom. The molecule has 100 valence electrons. The van der Waals surface area contributed by atoms with Crippen molar-refractivity contribution in [2.75, 3.05) is 17.7 Å². The maximum Gasteiger partial charge on any atom is 0.286 e. The minimum atomic E-state index is -0.417. The van der Waals surface area contributed by atoms with Crippen molar-refractivity contribution in [2.45, 2.75) is 0 Å². The number of amides is 1. The van der Waals surface area contributed by atoms with Crippen molar-refractivity contribution in [1.29, 1.82) is 0 Å². The first kappa shape index (κ1) is 14.3. The first-order chi connectivity index (χ1) is 9.01. The normalized spacial score (nSPS) is 10.3. The highest BCUT2D eigenvalue weighted by Crippen LogP contribution is 2.32. The Bertz CT molecular complexity index is 631. The fourth-order valence-corrected chi connectivity index (χ4v) is 2.40. The molecule has 2 aromatic rings. The number of aromatic nitrogens is 2. The van der Waals surface area contributed by atoms with E-state index in [1.807, 2.05) is 0 Å². The molecule has 0 aliphatic carbocycles. The molecule has 0 saturated carbocycles. The number of anilines is 2. The van der Waals surface area contributed by atoms with Gasteiger partial charge in [-0.25, -0.2) is 0 Å². The fraction of sp³-hybridized carbons (Fsp3) is 0.100. The van der Waals surface area contributed by atoms with Gasteiger partial charge in [0, 0.05) is 7.05 Å². The summed E-state index contributed by atoms with van der Waals surface area (Å²) < 4.78 is 0. The zero-order valence-corrected chi connectivity index (χ0v) is 12.6. The van der Waals surface area contributed by atoms with Gasteiger partial charge in [0.2, 0.25) is 10.1 Å². The van der Waals surface area contributed by atoms with Gasteiger partial charge in [-0.3, -0.25) is 4.79 Å². The first-order valence-corrected chi connectivity index (χ1v) is 6.93. The van der Waals surface area contributed by atoms with Crippen LogP contribution in [-0.2, 0) is 0 Å².